The van der Waals surface area contributed by atoms with Crippen molar-refractivity contribution in [1.82, 2.24) is 0 Å². The van der Waals surface area contributed by atoms with Gasteiger partial charge in [0, 0.05) is 42.6 Å². The molecule has 2 heterocycles. The first-order valence-electron chi connectivity index (χ1n) is 8.63. The molecular weight excluding hydrogens is 336 g/mol. The molecule has 0 saturated heterocycles. The van der Waals surface area contributed by atoms with E-state index in [1.807, 2.05) is 29.5 Å². The lowest BCUT2D eigenvalue weighted by molar-refractivity contribution is 0.668. The third-order valence-corrected chi connectivity index (χ3v) is 6.24. The molecule has 1 radical (unpaired) electrons. The van der Waals surface area contributed by atoms with Crippen LogP contribution in [0.1, 0.15) is 0 Å². The Balaban J connectivity index is 1.79. The van der Waals surface area contributed by atoms with Crippen molar-refractivity contribution >= 4 is 53.4 Å². The molecule has 4 aromatic carbocycles. The first-order valence-corrected chi connectivity index (χ1v) is 9.44. The third kappa shape index (κ3) is 1.85. The Bertz CT molecular complexity index is 1430. The molecule has 0 amide bonds. The van der Waals surface area contributed by atoms with Crippen LogP contribution in [0.2, 0.25) is 0 Å². The van der Waals surface area contributed by atoms with Crippen molar-refractivity contribution in [2.75, 3.05) is 0 Å². The van der Waals surface area contributed by atoms with E-state index in [9.17, 15) is 0 Å². The van der Waals surface area contributed by atoms with Crippen LogP contribution < -0.4 is 0 Å². The molecule has 6 rings (SSSR count). The van der Waals surface area contributed by atoms with Crippen molar-refractivity contribution in [3.8, 4) is 11.1 Å². The quantitative estimate of drug-likeness (QED) is 0.301. The zero-order chi connectivity index (χ0) is 17.1. The van der Waals surface area contributed by atoms with Gasteiger partial charge in [0.1, 0.15) is 11.2 Å². The SMILES string of the molecule is [c]1ccc(-c2cccc3c2sc2ccccc23)c2c1oc1ccccc12. The first kappa shape index (κ1) is 14.1. The fraction of sp³-hybridized carbons (Fsp3) is 0. The van der Waals surface area contributed by atoms with E-state index in [1.165, 1.54) is 31.3 Å². The second-order valence-electron chi connectivity index (χ2n) is 6.47. The molecule has 0 atom stereocenters. The minimum absolute atomic E-state index is 0.821. The number of benzene rings is 4. The monoisotopic (exact) mass is 349 g/mol. The largest absolute Gasteiger partial charge is 0.455 e. The molecule has 6 aromatic rings. The van der Waals surface area contributed by atoms with Crippen molar-refractivity contribution in [2.24, 2.45) is 0 Å². The van der Waals surface area contributed by atoms with Gasteiger partial charge in [0.15, 0.2) is 0 Å². The van der Waals surface area contributed by atoms with Crippen molar-refractivity contribution in [3.63, 3.8) is 0 Å². The van der Waals surface area contributed by atoms with Crippen molar-refractivity contribution < 1.29 is 4.42 Å². The standard InChI is InChI=1S/C24H13OS/c1-3-12-20-19(8-1)23-16(9-6-13-21(23)25-20)18-11-5-10-17-15-7-2-4-14-22(15)26-24(17)18/h1-12,14H. The fourth-order valence-corrected chi connectivity index (χ4v) is 5.11. The molecule has 0 spiro atoms. The van der Waals surface area contributed by atoms with Crippen LogP contribution in [0.3, 0.4) is 0 Å². The van der Waals surface area contributed by atoms with Crippen LogP contribution in [0.5, 0.6) is 0 Å². The highest BCUT2D eigenvalue weighted by atomic mass is 32.1. The molecule has 0 fully saturated rings. The van der Waals surface area contributed by atoms with Crippen LogP contribution in [-0.4, -0.2) is 0 Å². The van der Waals surface area contributed by atoms with Gasteiger partial charge in [-0.05, 0) is 23.8 Å². The Labute approximate surface area is 154 Å². The van der Waals surface area contributed by atoms with Crippen molar-refractivity contribution in [3.05, 3.63) is 84.9 Å². The lowest BCUT2D eigenvalue weighted by Gasteiger charge is -2.05. The van der Waals surface area contributed by atoms with Gasteiger partial charge in [0.2, 0.25) is 0 Å². The molecule has 0 aliphatic heterocycles. The summed E-state index contributed by atoms with van der Waals surface area (Å²) in [6.45, 7) is 0. The van der Waals surface area contributed by atoms with Gasteiger partial charge < -0.3 is 4.42 Å². The van der Waals surface area contributed by atoms with E-state index in [0.29, 0.717) is 0 Å². The second-order valence-corrected chi connectivity index (χ2v) is 7.53. The number of fused-ring (bicyclic) bond motifs is 6. The van der Waals surface area contributed by atoms with Crippen LogP contribution in [-0.2, 0) is 0 Å². The number of para-hydroxylation sites is 1. The molecule has 0 unspecified atom stereocenters. The lowest BCUT2D eigenvalue weighted by Crippen LogP contribution is -1.80. The molecule has 0 N–H and O–H groups in total. The molecule has 0 bridgehead atoms. The summed E-state index contributed by atoms with van der Waals surface area (Å²) in [7, 11) is 0. The number of hydrogen-bond donors (Lipinski definition) is 0. The highest BCUT2D eigenvalue weighted by Crippen LogP contribution is 2.43. The first-order chi connectivity index (χ1) is 12.9. The predicted octanol–water partition coefficient (Wildman–Crippen LogP) is 7.42. The number of furan rings is 1. The van der Waals surface area contributed by atoms with Gasteiger partial charge in [-0.2, -0.15) is 0 Å². The normalized spacial score (nSPS) is 11.8. The third-order valence-electron chi connectivity index (χ3n) is 5.02. The average molecular weight is 349 g/mol. The van der Waals surface area contributed by atoms with Crippen LogP contribution in [0.4, 0.5) is 0 Å². The molecule has 0 aliphatic carbocycles. The maximum Gasteiger partial charge on any atom is 0.144 e. The van der Waals surface area contributed by atoms with Crippen LogP contribution >= 0.6 is 11.3 Å². The van der Waals surface area contributed by atoms with Crippen LogP contribution in [0.15, 0.2) is 83.3 Å². The van der Waals surface area contributed by atoms with Gasteiger partial charge >= 0.3 is 0 Å². The topological polar surface area (TPSA) is 13.1 Å². The predicted molar refractivity (Wildman–Crippen MR) is 111 cm³/mol. The number of thiophene rings is 1. The van der Waals surface area contributed by atoms with E-state index >= 15 is 0 Å². The second kappa shape index (κ2) is 5.20. The molecular formula is C24H13OS. The average Bonchev–Trinajstić information content (AvgIpc) is 3.26. The molecule has 0 saturated carbocycles. The fourth-order valence-electron chi connectivity index (χ4n) is 3.88. The van der Waals surface area contributed by atoms with Gasteiger partial charge in [-0.1, -0.05) is 60.7 Å². The van der Waals surface area contributed by atoms with Gasteiger partial charge in [-0.3, -0.25) is 0 Å². The summed E-state index contributed by atoms with van der Waals surface area (Å²) < 4.78 is 8.68. The van der Waals surface area contributed by atoms with Gasteiger partial charge in [0.05, 0.1) is 0 Å². The zero-order valence-corrected chi connectivity index (χ0v) is 14.6. The maximum absolute atomic E-state index is 6.03. The van der Waals surface area contributed by atoms with Gasteiger partial charge in [0.25, 0.3) is 0 Å². The van der Waals surface area contributed by atoms with E-state index in [1.54, 1.807) is 0 Å². The lowest BCUT2D eigenvalue weighted by atomic mass is 9.98. The van der Waals surface area contributed by atoms with E-state index in [4.69, 9.17) is 4.42 Å². The van der Waals surface area contributed by atoms with Crippen LogP contribution in [0, 0.1) is 6.07 Å². The summed E-state index contributed by atoms with van der Waals surface area (Å²) in [5, 5.41) is 4.93. The molecule has 1 nitrogen and oxygen atoms in total. The molecule has 2 heteroatoms. The summed E-state index contributed by atoms with van der Waals surface area (Å²) >= 11 is 1.86. The Hall–Kier alpha value is -3.10. The van der Waals surface area contributed by atoms with Gasteiger partial charge in [-0.25, -0.2) is 0 Å². The Morgan fingerprint density at radius 2 is 1.50 bits per heavy atom. The minimum Gasteiger partial charge on any atom is -0.455 e. The van der Waals surface area contributed by atoms with E-state index in [-0.39, 0.29) is 0 Å². The molecule has 0 aliphatic rings. The summed E-state index contributed by atoms with van der Waals surface area (Å²) in [5.74, 6) is 0. The smallest absolute Gasteiger partial charge is 0.144 e. The van der Waals surface area contributed by atoms with Gasteiger partial charge in [-0.15, -0.1) is 11.3 Å². The summed E-state index contributed by atoms with van der Waals surface area (Å²) in [6, 6.07) is 30.8. The Kier molecular flexibility index (Phi) is 2.82. The Morgan fingerprint density at radius 3 is 2.46 bits per heavy atom. The van der Waals surface area contributed by atoms with E-state index in [2.05, 4.69) is 66.7 Å². The zero-order valence-electron chi connectivity index (χ0n) is 13.8. The summed E-state index contributed by atoms with van der Waals surface area (Å²) in [4.78, 5) is 0. The molecule has 121 valence electrons. The number of rotatable bonds is 1. The van der Waals surface area contributed by atoms with Crippen molar-refractivity contribution in [1.29, 1.82) is 0 Å². The number of hydrogen-bond acceptors (Lipinski definition) is 2. The Morgan fingerprint density at radius 1 is 0.692 bits per heavy atom. The van der Waals surface area contributed by atoms with E-state index < -0.39 is 0 Å². The molecule has 26 heavy (non-hydrogen) atoms. The minimum atomic E-state index is 0.821. The molecule has 2 aromatic heterocycles. The summed E-state index contributed by atoms with van der Waals surface area (Å²) in [6.07, 6.45) is 0. The van der Waals surface area contributed by atoms with E-state index in [0.717, 1.165) is 21.9 Å². The van der Waals surface area contributed by atoms with Crippen molar-refractivity contribution in [2.45, 2.75) is 0 Å². The summed E-state index contributed by atoms with van der Waals surface area (Å²) in [5.41, 5.74) is 4.20. The highest BCUT2D eigenvalue weighted by molar-refractivity contribution is 7.26. The maximum atomic E-state index is 6.03. The van der Waals surface area contributed by atoms with Crippen LogP contribution in [0.25, 0.3) is 53.2 Å². The highest BCUT2D eigenvalue weighted by Gasteiger charge is 2.15.